The summed E-state index contributed by atoms with van der Waals surface area (Å²) in [4.78, 5) is 44.3. The van der Waals surface area contributed by atoms with E-state index in [2.05, 4.69) is 10.6 Å². The third-order valence-electron chi connectivity index (χ3n) is 6.14. The first-order valence-electron chi connectivity index (χ1n) is 12.1. The molecular formula is C29H30N4O3. The van der Waals surface area contributed by atoms with Crippen molar-refractivity contribution in [2.45, 2.75) is 46.6 Å². The zero-order valence-electron chi connectivity index (χ0n) is 21.0. The van der Waals surface area contributed by atoms with Crippen molar-refractivity contribution >= 4 is 34.2 Å². The number of amides is 2. The molecule has 4 rings (SSSR count). The van der Waals surface area contributed by atoms with Gasteiger partial charge in [-0.25, -0.2) is 4.98 Å². The lowest BCUT2D eigenvalue weighted by Crippen LogP contribution is -2.34. The molecule has 1 heterocycles. The Hall–Kier alpha value is -4.26. The van der Waals surface area contributed by atoms with Crippen molar-refractivity contribution in [3.05, 3.63) is 88.2 Å². The van der Waals surface area contributed by atoms with Crippen LogP contribution >= 0.6 is 0 Å². The van der Waals surface area contributed by atoms with Crippen molar-refractivity contribution in [1.29, 1.82) is 0 Å². The number of nitrogens with zero attached hydrogens (tertiary/aromatic N) is 2. The molecule has 184 valence electrons. The van der Waals surface area contributed by atoms with Crippen LogP contribution in [-0.2, 0) is 9.59 Å². The highest BCUT2D eigenvalue weighted by molar-refractivity contribution is 5.97. The summed E-state index contributed by atoms with van der Waals surface area (Å²) in [7, 11) is 0. The highest BCUT2D eigenvalue weighted by Crippen LogP contribution is 2.29. The second-order valence-electron chi connectivity index (χ2n) is 8.85. The number of nitrogens with one attached hydrogen (secondary N) is 2. The first-order chi connectivity index (χ1) is 17.3. The van der Waals surface area contributed by atoms with Gasteiger partial charge in [-0.05, 0) is 56.7 Å². The fourth-order valence-electron chi connectivity index (χ4n) is 4.19. The van der Waals surface area contributed by atoms with E-state index in [1.165, 1.54) is 4.57 Å². The van der Waals surface area contributed by atoms with Gasteiger partial charge in [-0.3, -0.25) is 19.0 Å². The number of anilines is 2. The Bertz CT molecular complexity index is 1490. The minimum absolute atomic E-state index is 0.162. The lowest BCUT2D eigenvalue weighted by Gasteiger charge is -2.21. The summed E-state index contributed by atoms with van der Waals surface area (Å²) < 4.78 is 1.52. The summed E-state index contributed by atoms with van der Waals surface area (Å²) in [6.07, 6.45) is 0.706. The highest BCUT2D eigenvalue weighted by atomic mass is 16.2. The molecule has 7 heteroatoms. The summed E-state index contributed by atoms with van der Waals surface area (Å²) in [5.74, 6) is -0.445. The summed E-state index contributed by atoms with van der Waals surface area (Å²) in [5.41, 5.74) is 4.66. The van der Waals surface area contributed by atoms with Crippen LogP contribution in [0.25, 0.3) is 22.3 Å². The second-order valence-corrected chi connectivity index (χ2v) is 8.85. The third-order valence-corrected chi connectivity index (χ3v) is 6.14. The average molecular weight is 483 g/mol. The second kappa shape index (κ2) is 10.6. The minimum atomic E-state index is -0.760. The fraction of sp³-hybridized carbons (Fsp3) is 0.241. The molecule has 0 saturated carbocycles. The smallest absolute Gasteiger partial charge is 0.278 e. The Morgan fingerprint density at radius 3 is 2.31 bits per heavy atom. The van der Waals surface area contributed by atoms with Gasteiger partial charge in [-0.2, -0.15) is 0 Å². The summed E-state index contributed by atoms with van der Waals surface area (Å²) in [6.45, 7) is 7.54. The molecule has 36 heavy (non-hydrogen) atoms. The van der Waals surface area contributed by atoms with E-state index >= 15 is 0 Å². The first kappa shape index (κ1) is 24.9. The Kier molecular flexibility index (Phi) is 7.29. The molecule has 2 N–H and O–H groups in total. The van der Waals surface area contributed by atoms with Crippen molar-refractivity contribution in [3.63, 3.8) is 0 Å². The molecule has 0 aliphatic carbocycles. The molecular weight excluding hydrogens is 452 g/mol. The van der Waals surface area contributed by atoms with Gasteiger partial charge in [0.15, 0.2) is 0 Å². The number of rotatable bonds is 7. The normalized spacial score (nSPS) is 11.8. The number of benzene rings is 3. The van der Waals surface area contributed by atoms with Gasteiger partial charge in [0.05, 0.1) is 16.7 Å². The number of para-hydroxylation sites is 2. The number of hydrogen-bond acceptors (Lipinski definition) is 4. The van der Waals surface area contributed by atoms with E-state index in [0.717, 1.165) is 11.1 Å². The zero-order valence-corrected chi connectivity index (χ0v) is 21.0. The predicted octanol–water partition coefficient (Wildman–Crippen LogP) is 5.62. The topological polar surface area (TPSA) is 93.1 Å². The molecule has 3 aromatic carbocycles. The molecule has 1 atom stereocenters. The molecule has 7 nitrogen and oxygen atoms in total. The zero-order chi connectivity index (χ0) is 25.8. The fourth-order valence-corrected chi connectivity index (χ4v) is 4.19. The van der Waals surface area contributed by atoms with Crippen LogP contribution in [0.15, 0.2) is 71.5 Å². The largest absolute Gasteiger partial charge is 0.325 e. The van der Waals surface area contributed by atoms with Crippen LogP contribution in [0.3, 0.4) is 0 Å². The molecule has 0 fully saturated rings. The van der Waals surface area contributed by atoms with Gasteiger partial charge in [-0.15, -0.1) is 0 Å². The van der Waals surface area contributed by atoms with E-state index < -0.39 is 11.6 Å². The molecule has 0 aliphatic rings. The maximum absolute atomic E-state index is 14.0. The van der Waals surface area contributed by atoms with Crippen molar-refractivity contribution in [1.82, 2.24) is 9.55 Å². The third kappa shape index (κ3) is 5.05. The van der Waals surface area contributed by atoms with Crippen molar-refractivity contribution in [2.75, 3.05) is 10.6 Å². The van der Waals surface area contributed by atoms with E-state index in [4.69, 9.17) is 4.98 Å². The van der Waals surface area contributed by atoms with Crippen molar-refractivity contribution in [2.24, 2.45) is 0 Å². The van der Waals surface area contributed by atoms with Gasteiger partial charge in [0.1, 0.15) is 11.7 Å². The van der Waals surface area contributed by atoms with Crippen LogP contribution in [0.5, 0.6) is 0 Å². The quantitative estimate of drug-likeness (QED) is 0.358. The molecule has 0 spiro atoms. The molecule has 0 aliphatic heterocycles. The molecule has 1 aromatic heterocycles. The van der Waals surface area contributed by atoms with E-state index in [0.29, 0.717) is 40.8 Å². The number of carbonyl (C=O) groups is 2. The summed E-state index contributed by atoms with van der Waals surface area (Å²) in [5, 5.41) is 5.83. The van der Waals surface area contributed by atoms with Crippen LogP contribution in [0.2, 0.25) is 0 Å². The molecule has 0 unspecified atom stereocenters. The van der Waals surface area contributed by atoms with Crippen LogP contribution in [0, 0.1) is 13.8 Å². The molecule has 0 bridgehead atoms. The SMILES string of the molecule is CCC(=O)Nc1ccc(C)cc1-c1nc2ccccc2n([C@@H](CC)C(=O)Nc2ccc(C)cc2)c1=O. The summed E-state index contributed by atoms with van der Waals surface area (Å²) >= 11 is 0. The Labute approximate surface area is 210 Å². The van der Waals surface area contributed by atoms with Crippen molar-refractivity contribution < 1.29 is 9.59 Å². The van der Waals surface area contributed by atoms with Gasteiger partial charge in [0.25, 0.3) is 5.56 Å². The lowest BCUT2D eigenvalue weighted by molar-refractivity contribution is -0.119. The van der Waals surface area contributed by atoms with E-state index in [1.807, 2.05) is 75.4 Å². The molecule has 4 aromatic rings. The van der Waals surface area contributed by atoms with Gasteiger partial charge < -0.3 is 10.6 Å². The predicted molar refractivity (Wildman–Crippen MR) is 144 cm³/mol. The van der Waals surface area contributed by atoms with Crippen molar-refractivity contribution in [3.8, 4) is 11.3 Å². The number of carbonyl (C=O) groups excluding carboxylic acids is 2. The van der Waals surface area contributed by atoms with E-state index in [1.54, 1.807) is 19.1 Å². The van der Waals surface area contributed by atoms with Gasteiger partial charge in [0.2, 0.25) is 11.8 Å². The van der Waals surface area contributed by atoms with E-state index in [9.17, 15) is 14.4 Å². The lowest BCUT2D eigenvalue weighted by atomic mass is 10.0. The number of fused-ring (bicyclic) bond motifs is 1. The maximum Gasteiger partial charge on any atom is 0.278 e. The van der Waals surface area contributed by atoms with Crippen LogP contribution in [-0.4, -0.2) is 21.4 Å². The molecule has 0 saturated heterocycles. The van der Waals surface area contributed by atoms with Crippen LogP contribution in [0.4, 0.5) is 11.4 Å². The van der Waals surface area contributed by atoms with Crippen LogP contribution < -0.4 is 16.2 Å². The maximum atomic E-state index is 14.0. The van der Waals surface area contributed by atoms with Crippen LogP contribution in [0.1, 0.15) is 43.9 Å². The standard InChI is InChI=1S/C29H30N4O3/c1-5-24(28(35)30-20-14-11-18(3)12-15-20)33-25-10-8-7-9-23(25)32-27(29(33)36)21-17-19(4)13-16-22(21)31-26(34)6-2/h7-17,24H,5-6H2,1-4H3,(H,30,35)(H,31,34)/t24-/m0/s1. The molecule has 2 amide bonds. The van der Waals surface area contributed by atoms with E-state index in [-0.39, 0.29) is 17.5 Å². The average Bonchev–Trinajstić information content (AvgIpc) is 2.88. The molecule has 0 radical (unpaired) electrons. The highest BCUT2D eigenvalue weighted by Gasteiger charge is 2.25. The number of hydrogen-bond donors (Lipinski definition) is 2. The Morgan fingerprint density at radius 2 is 1.61 bits per heavy atom. The number of aromatic nitrogens is 2. The minimum Gasteiger partial charge on any atom is -0.325 e. The van der Waals surface area contributed by atoms with Gasteiger partial charge in [0, 0.05) is 17.7 Å². The summed E-state index contributed by atoms with van der Waals surface area (Å²) in [6, 6.07) is 19.5. The first-order valence-corrected chi connectivity index (χ1v) is 12.1. The van der Waals surface area contributed by atoms with Gasteiger partial charge in [-0.1, -0.05) is 55.3 Å². The Balaban J connectivity index is 1.89. The number of aryl methyl sites for hydroxylation is 2. The monoisotopic (exact) mass is 482 g/mol. The van der Waals surface area contributed by atoms with Gasteiger partial charge >= 0.3 is 0 Å². The Morgan fingerprint density at radius 1 is 0.917 bits per heavy atom.